The average Bonchev–Trinajstić information content (AvgIpc) is 2.39. The Bertz CT molecular complexity index is 451. The Morgan fingerprint density at radius 2 is 1.83 bits per heavy atom. The summed E-state index contributed by atoms with van der Waals surface area (Å²) in [6.07, 6.45) is 3.97. The summed E-state index contributed by atoms with van der Waals surface area (Å²) < 4.78 is 24.9. The van der Waals surface area contributed by atoms with Crippen LogP contribution in [0.25, 0.3) is 0 Å². The zero-order chi connectivity index (χ0) is 13.4. The van der Waals surface area contributed by atoms with E-state index in [4.69, 9.17) is 0 Å². The molecule has 0 aliphatic heterocycles. The van der Waals surface area contributed by atoms with Crippen LogP contribution in [0.2, 0.25) is 0 Å². The molecule has 0 aliphatic rings. The van der Waals surface area contributed by atoms with Crippen molar-refractivity contribution < 1.29 is 13.2 Å². The van der Waals surface area contributed by atoms with Gasteiger partial charge in [-0.3, -0.25) is 0 Å². The zero-order valence-electron chi connectivity index (χ0n) is 10.7. The zero-order valence-corrected chi connectivity index (χ0v) is 11.5. The highest BCUT2D eigenvalue weighted by Crippen LogP contribution is 2.23. The number of hydrogen-bond donors (Lipinski definition) is 0. The van der Waals surface area contributed by atoms with E-state index in [0.717, 1.165) is 19.1 Å². The van der Waals surface area contributed by atoms with Gasteiger partial charge < -0.3 is 4.79 Å². The topological polar surface area (TPSA) is 51.2 Å². The van der Waals surface area contributed by atoms with Crippen LogP contribution in [0.4, 0.5) is 0 Å². The Kier molecular flexibility index (Phi) is 6.05. The van der Waals surface area contributed by atoms with Gasteiger partial charge in [-0.25, -0.2) is 8.42 Å². The number of rotatable bonds is 8. The van der Waals surface area contributed by atoms with Crippen LogP contribution in [0, 0.1) is 0 Å². The van der Waals surface area contributed by atoms with Gasteiger partial charge in [0.25, 0.3) is 0 Å². The van der Waals surface area contributed by atoms with E-state index in [0.29, 0.717) is 24.2 Å². The van der Waals surface area contributed by atoms with Crippen LogP contribution in [0.1, 0.15) is 39.0 Å². The molecule has 1 aromatic rings. The van der Waals surface area contributed by atoms with Crippen LogP contribution in [0.15, 0.2) is 35.2 Å². The minimum absolute atomic E-state index is 0.306. The fourth-order valence-electron chi connectivity index (χ4n) is 1.94. The monoisotopic (exact) mass is 268 g/mol. The Hall–Kier alpha value is -1.16. The highest BCUT2D eigenvalue weighted by molar-refractivity contribution is 7.92. The van der Waals surface area contributed by atoms with E-state index in [9.17, 15) is 13.2 Å². The number of sulfone groups is 1. The summed E-state index contributed by atoms with van der Waals surface area (Å²) >= 11 is 0. The first-order chi connectivity index (χ1) is 8.62. The van der Waals surface area contributed by atoms with E-state index in [2.05, 4.69) is 0 Å². The molecule has 0 bridgehead atoms. The van der Waals surface area contributed by atoms with Crippen molar-refractivity contribution in [1.82, 2.24) is 0 Å². The summed E-state index contributed by atoms with van der Waals surface area (Å²) in [6, 6.07) is 8.49. The highest BCUT2D eigenvalue weighted by atomic mass is 32.2. The largest absolute Gasteiger partial charge is 0.303 e. The lowest BCUT2D eigenvalue weighted by atomic mass is 10.1. The summed E-state index contributed by atoms with van der Waals surface area (Å²) in [6.45, 7) is 2.03. The molecule has 0 amide bonds. The smallest absolute Gasteiger partial charge is 0.181 e. The fourth-order valence-corrected chi connectivity index (χ4v) is 3.79. The summed E-state index contributed by atoms with van der Waals surface area (Å²) in [5.41, 5.74) is 0. The molecular formula is C14H20O3S. The van der Waals surface area contributed by atoms with E-state index in [1.165, 1.54) is 0 Å². The van der Waals surface area contributed by atoms with Crippen molar-refractivity contribution in [3.05, 3.63) is 30.3 Å². The van der Waals surface area contributed by atoms with E-state index in [-0.39, 0.29) is 0 Å². The SMILES string of the molecule is CCCCC(CCC=O)S(=O)(=O)c1ccccc1. The maximum Gasteiger partial charge on any atom is 0.181 e. The lowest BCUT2D eigenvalue weighted by molar-refractivity contribution is -0.107. The minimum atomic E-state index is -3.30. The summed E-state index contributed by atoms with van der Waals surface area (Å²) in [4.78, 5) is 10.8. The third-order valence-electron chi connectivity index (χ3n) is 3.00. The number of benzene rings is 1. The second-order valence-corrected chi connectivity index (χ2v) is 6.59. The maximum absolute atomic E-state index is 12.4. The van der Waals surface area contributed by atoms with Gasteiger partial charge >= 0.3 is 0 Å². The van der Waals surface area contributed by atoms with Gasteiger partial charge in [-0.05, 0) is 25.0 Å². The van der Waals surface area contributed by atoms with Crippen molar-refractivity contribution in [2.45, 2.75) is 49.2 Å². The summed E-state index contributed by atoms with van der Waals surface area (Å²) in [7, 11) is -3.30. The Balaban J connectivity index is 2.91. The summed E-state index contributed by atoms with van der Waals surface area (Å²) in [5, 5.41) is -0.440. The van der Waals surface area contributed by atoms with E-state index < -0.39 is 15.1 Å². The molecule has 18 heavy (non-hydrogen) atoms. The number of carbonyl (C=O) groups excluding carboxylic acids is 1. The van der Waals surface area contributed by atoms with Crippen molar-refractivity contribution in [2.75, 3.05) is 0 Å². The molecule has 100 valence electrons. The van der Waals surface area contributed by atoms with Gasteiger partial charge in [0.1, 0.15) is 6.29 Å². The molecule has 0 saturated heterocycles. The van der Waals surface area contributed by atoms with Crippen molar-refractivity contribution in [3.8, 4) is 0 Å². The standard InChI is InChI=1S/C14H20O3S/c1-2-3-8-13(11-7-12-15)18(16,17)14-9-5-4-6-10-14/h4-6,9-10,12-13H,2-3,7-8,11H2,1H3. The second-order valence-electron chi connectivity index (χ2n) is 4.37. The van der Waals surface area contributed by atoms with Crippen LogP contribution < -0.4 is 0 Å². The first-order valence-corrected chi connectivity index (χ1v) is 7.90. The summed E-state index contributed by atoms with van der Waals surface area (Å²) in [5.74, 6) is 0. The highest BCUT2D eigenvalue weighted by Gasteiger charge is 2.26. The molecule has 1 aromatic carbocycles. The minimum Gasteiger partial charge on any atom is -0.303 e. The van der Waals surface area contributed by atoms with E-state index in [1.807, 2.05) is 6.92 Å². The maximum atomic E-state index is 12.4. The normalized spacial score (nSPS) is 13.2. The van der Waals surface area contributed by atoms with Crippen molar-refractivity contribution in [2.24, 2.45) is 0 Å². The number of hydrogen-bond acceptors (Lipinski definition) is 3. The van der Waals surface area contributed by atoms with Gasteiger partial charge in [0.05, 0.1) is 10.1 Å². The predicted molar refractivity (Wildman–Crippen MR) is 72.2 cm³/mol. The predicted octanol–water partition coefficient (Wildman–Crippen LogP) is 3.00. The molecule has 0 radical (unpaired) electrons. The van der Waals surface area contributed by atoms with Crippen LogP contribution in [-0.2, 0) is 14.6 Å². The quantitative estimate of drug-likeness (QED) is 0.681. The average molecular weight is 268 g/mol. The first-order valence-electron chi connectivity index (χ1n) is 6.35. The Labute approximate surface area is 109 Å². The van der Waals surface area contributed by atoms with Crippen LogP contribution in [0.3, 0.4) is 0 Å². The molecule has 0 spiro atoms. The van der Waals surface area contributed by atoms with Crippen LogP contribution >= 0.6 is 0 Å². The second kappa shape index (κ2) is 7.31. The molecule has 0 aliphatic carbocycles. The van der Waals surface area contributed by atoms with Gasteiger partial charge in [0.2, 0.25) is 0 Å². The van der Waals surface area contributed by atoms with E-state index >= 15 is 0 Å². The molecule has 1 atom stereocenters. The number of aldehydes is 1. The molecule has 3 nitrogen and oxygen atoms in total. The molecule has 0 N–H and O–H groups in total. The molecule has 0 aromatic heterocycles. The first kappa shape index (κ1) is 14.9. The number of carbonyl (C=O) groups is 1. The molecular weight excluding hydrogens is 248 g/mol. The molecule has 4 heteroatoms. The molecule has 1 unspecified atom stereocenters. The molecule has 1 rings (SSSR count). The van der Waals surface area contributed by atoms with Gasteiger partial charge in [-0.1, -0.05) is 38.0 Å². The van der Waals surface area contributed by atoms with Crippen molar-refractivity contribution in [3.63, 3.8) is 0 Å². The lowest BCUT2D eigenvalue weighted by Gasteiger charge is -2.16. The molecule has 0 heterocycles. The van der Waals surface area contributed by atoms with E-state index in [1.54, 1.807) is 30.3 Å². The molecule has 0 saturated carbocycles. The van der Waals surface area contributed by atoms with Gasteiger partial charge in [0.15, 0.2) is 9.84 Å². The third-order valence-corrected chi connectivity index (χ3v) is 5.28. The molecule has 0 fully saturated rings. The van der Waals surface area contributed by atoms with Crippen LogP contribution in [-0.4, -0.2) is 20.0 Å². The van der Waals surface area contributed by atoms with Gasteiger partial charge in [-0.15, -0.1) is 0 Å². The van der Waals surface area contributed by atoms with Gasteiger partial charge in [0, 0.05) is 6.42 Å². The lowest BCUT2D eigenvalue weighted by Crippen LogP contribution is -2.21. The Morgan fingerprint density at radius 3 is 2.39 bits per heavy atom. The third kappa shape index (κ3) is 3.95. The van der Waals surface area contributed by atoms with Gasteiger partial charge in [-0.2, -0.15) is 0 Å². The number of unbranched alkanes of at least 4 members (excludes halogenated alkanes) is 1. The van der Waals surface area contributed by atoms with Crippen LogP contribution in [0.5, 0.6) is 0 Å². The fraction of sp³-hybridized carbons (Fsp3) is 0.500. The van der Waals surface area contributed by atoms with Crippen molar-refractivity contribution >= 4 is 16.1 Å². The van der Waals surface area contributed by atoms with Crippen molar-refractivity contribution in [1.29, 1.82) is 0 Å². The Morgan fingerprint density at radius 1 is 1.17 bits per heavy atom.